The summed E-state index contributed by atoms with van der Waals surface area (Å²) in [6, 6.07) is 4.91. The van der Waals surface area contributed by atoms with Crippen molar-refractivity contribution in [2.45, 2.75) is 6.18 Å². The zero-order chi connectivity index (χ0) is 9.19. The van der Waals surface area contributed by atoms with Crippen LogP contribution in [0.2, 0.25) is 0 Å². The van der Waals surface area contributed by atoms with Gasteiger partial charge in [-0.3, -0.25) is 0 Å². The Balaban J connectivity index is 0.00000144. The maximum absolute atomic E-state index is 11.9. The van der Waals surface area contributed by atoms with Crippen LogP contribution in [0.25, 0.3) is 0 Å². The van der Waals surface area contributed by atoms with Gasteiger partial charge in [0.2, 0.25) is 0 Å². The third-order valence-corrected chi connectivity index (χ3v) is 1.28. The summed E-state index contributed by atoms with van der Waals surface area (Å²) in [7, 11) is 0. The number of halogens is 3. The van der Waals surface area contributed by atoms with Crippen molar-refractivity contribution >= 4 is 6.29 Å². The molecule has 0 heterocycles. The number of aldehydes is 1. The molecule has 0 saturated carbocycles. The number of rotatable bonds is 1. The van der Waals surface area contributed by atoms with E-state index in [0.717, 1.165) is 18.2 Å². The normalized spacial score (nSPS) is 10.4. The number of hydrogen-bond acceptors (Lipinski definition) is 1. The van der Waals surface area contributed by atoms with Gasteiger partial charge in [-0.25, -0.2) is 0 Å². The molecule has 0 aliphatic rings. The summed E-state index contributed by atoms with van der Waals surface area (Å²) in [6.45, 7) is 0. The smallest absolute Gasteiger partial charge is 0.312 e. The van der Waals surface area contributed by atoms with Crippen molar-refractivity contribution in [1.82, 2.24) is 0 Å². The van der Waals surface area contributed by atoms with E-state index in [-0.39, 0.29) is 38.3 Å². The Bertz CT molecular complexity index is 278. The Kier molecular flexibility index (Phi) is 4.78. The quantitative estimate of drug-likeness (QED) is 0.560. The van der Waals surface area contributed by atoms with Gasteiger partial charge in [0.1, 0.15) is 0 Å². The zero-order valence-electron chi connectivity index (χ0n) is 6.43. The van der Waals surface area contributed by atoms with Crippen LogP contribution in [0.15, 0.2) is 18.2 Å². The summed E-state index contributed by atoms with van der Waals surface area (Å²) in [5.74, 6) is 0. The average molecular weight is 262 g/mol. The van der Waals surface area contributed by atoms with Gasteiger partial charge in [0.15, 0.2) is 0 Å². The van der Waals surface area contributed by atoms with Crippen LogP contribution in [0.4, 0.5) is 13.2 Å². The Morgan fingerprint density at radius 2 is 1.92 bits per heavy atom. The van der Waals surface area contributed by atoms with Crippen LogP contribution in [0.3, 0.4) is 0 Å². The predicted molar refractivity (Wildman–Crippen MR) is 35.7 cm³/mol. The molecule has 1 radical (unpaired) electrons. The fraction of sp³-hybridized carbons (Fsp3) is 0.125. The van der Waals surface area contributed by atoms with Gasteiger partial charge in [-0.15, -0.1) is 0 Å². The molecule has 0 aliphatic carbocycles. The van der Waals surface area contributed by atoms with E-state index < -0.39 is 11.7 Å². The first-order chi connectivity index (χ1) is 5.54. The topological polar surface area (TPSA) is 17.1 Å². The number of hydrogen-bond donors (Lipinski definition) is 0. The Morgan fingerprint density at radius 1 is 1.31 bits per heavy atom. The van der Waals surface area contributed by atoms with Gasteiger partial charge in [0.05, 0.1) is 6.29 Å². The van der Waals surface area contributed by atoms with E-state index in [1.54, 1.807) is 0 Å². The Morgan fingerprint density at radius 3 is 2.23 bits per heavy atom. The van der Waals surface area contributed by atoms with Crippen LogP contribution in [0.5, 0.6) is 0 Å². The molecule has 0 N–H and O–H groups in total. The second-order valence-corrected chi connectivity index (χ2v) is 2.15. The van der Waals surface area contributed by atoms with Gasteiger partial charge in [-0.1, -0.05) is 11.1 Å². The van der Waals surface area contributed by atoms with Gasteiger partial charge in [0, 0.05) is 32.7 Å². The Hall–Kier alpha value is -0.216. The molecule has 0 atom stereocenters. The first kappa shape index (κ1) is 12.8. The maximum atomic E-state index is 11.9. The first-order valence-corrected chi connectivity index (χ1v) is 3.08. The average Bonchev–Trinajstić information content (AvgIpc) is 2.03. The number of carbonyl (C=O) groups is 1. The van der Waals surface area contributed by atoms with Crippen molar-refractivity contribution in [2.24, 2.45) is 0 Å². The molecule has 0 unspecified atom stereocenters. The van der Waals surface area contributed by atoms with E-state index >= 15 is 0 Å². The molecule has 67 valence electrons. The summed E-state index contributed by atoms with van der Waals surface area (Å²) in [5.41, 5.74) is -0.684. The van der Waals surface area contributed by atoms with Crippen molar-refractivity contribution in [1.29, 1.82) is 0 Å². The third kappa shape index (κ3) is 3.57. The largest absolute Gasteiger partial charge is 0.394 e. The molecule has 0 aromatic heterocycles. The monoisotopic (exact) mass is 262 g/mol. The summed E-state index contributed by atoms with van der Waals surface area (Å²) < 4.78 is 35.7. The summed E-state index contributed by atoms with van der Waals surface area (Å²) in [6.07, 6.45) is -3.92. The molecule has 1 aromatic rings. The minimum absolute atomic E-state index is 0. The minimum Gasteiger partial charge on any atom is -0.312 e. The van der Waals surface area contributed by atoms with Crippen molar-refractivity contribution in [2.75, 3.05) is 0 Å². The van der Waals surface area contributed by atoms with E-state index in [2.05, 4.69) is 0 Å². The molecular weight excluding hydrogens is 258 g/mol. The van der Waals surface area contributed by atoms with E-state index in [1.807, 2.05) is 6.07 Å². The molecule has 0 bridgehead atoms. The molecule has 1 nitrogen and oxygen atoms in total. The number of carbonyl (C=O) groups excluding carboxylic acids is 1. The summed E-state index contributed by atoms with van der Waals surface area (Å²) >= 11 is 0. The number of alkyl halides is 3. The van der Waals surface area contributed by atoms with Gasteiger partial charge >= 0.3 is 6.18 Å². The maximum Gasteiger partial charge on any atom is 0.394 e. The SMILES string of the molecule is O=Cc1c[c-]c(C(F)(F)F)cc1.[Y]. The van der Waals surface area contributed by atoms with Gasteiger partial charge in [0.25, 0.3) is 0 Å². The molecule has 0 amide bonds. The van der Waals surface area contributed by atoms with Crippen molar-refractivity contribution < 1.29 is 50.7 Å². The fourth-order valence-corrected chi connectivity index (χ4v) is 0.686. The molecule has 0 aliphatic heterocycles. The van der Waals surface area contributed by atoms with Gasteiger partial charge < -0.3 is 4.79 Å². The van der Waals surface area contributed by atoms with Crippen LogP contribution >= 0.6 is 0 Å². The number of benzene rings is 1. The molecule has 0 fully saturated rings. The summed E-state index contributed by atoms with van der Waals surface area (Å²) in [5, 5.41) is 0. The van der Waals surface area contributed by atoms with Crippen LogP contribution in [0.1, 0.15) is 15.9 Å². The van der Waals surface area contributed by atoms with Gasteiger partial charge in [-0.05, 0) is 0 Å². The molecule has 1 rings (SSSR count). The fourth-order valence-electron chi connectivity index (χ4n) is 0.686. The van der Waals surface area contributed by atoms with Crippen molar-refractivity contribution in [3.8, 4) is 0 Å². The molecule has 1 aromatic carbocycles. The van der Waals surface area contributed by atoms with E-state index in [9.17, 15) is 18.0 Å². The van der Waals surface area contributed by atoms with Crippen LogP contribution in [-0.4, -0.2) is 6.29 Å². The minimum atomic E-state index is -4.39. The van der Waals surface area contributed by atoms with Crippen molar-refractivity contribution in [3.05, 3.63) is 35.4 Å². The van der Waals surface area contributed by atoms with Crippen LogP contribution in [0, 0.1) is 6.07 Å². The third-order valence-electron chi connectivity index (χ3n) is 1.28. The molecule has 13 heavy (non-hydrogen) atoms. The molecule has 0 spiro atoms. The first-order valence-electron chi connectivity index (χ1n) is 3.08. The van der Waals surface area contributed by atoms with Crippen molar-refractivity contribution in [3.63, 3.8) is 0 Å². The molecular formula is C8H4F3OY-. The molecule has 0 saturated heterocycles. The van der Waals surface area contributed by atoms with E-state index in [0.29, 0.717) is 6.29 Å². The van der Waals surface area contributed by atoms with Gasteiger partial charge in [-0.2, -0.15) is 37.4 Å². The zero-order valence-corrected chi connectivity index (χ0v) is 9.27. The predicted octanol–water partition coefficient (Wildman–Crippen LogP) is 2.32. The van der Waals surface area contributed by atoms with Crippen LogP contribution < -0.4 is 0 Å². The molecule has 5 heteroatoms. The van der Waals surface area contributed by atoms with Crippen LogP contribution in [-0.2, 0) is 38.9 Å². The standard InChI is InChI=1S/C8H4F3O.Y/c9-8(10,11)7-3-1-6(5-12)2-4-7;/h1-3,5H;/q-1;. The second kappa shape index (κ2) is 4.86. The second-order valence-electron chi connectivity index (χ2n) is 2.15. The van der Waals surface area contributed by atoms with E-state index in [1.165, 1.54) is 0 Å². The Labute approximate surface area is 98.2 Å². The van der Waals surface area contributed by atoms with E-state index in [4.69, 9.17) is 0 Å². The summed E-state index contributed by atoms with van der Waals surface area (Å²) in [4.78, 5) is 10.1.